The first-order valence-electron chi connectivity index (χ1n) is 7.27. The quantitative estimate of drug-likeness (QED) is 0.787. The zero-order valence-electron chi connectivity index (χ0n) is 13.4. The van der Waals surface area contributed by atoms with Crippen LogP contribution in [0, 0.1) is 6.92 Å². The lowest BCUT2D eigenvalue weighted by atomic mass is 10.0. The maximum Gasteiger partial charge on any atom is 0.267 e. The largest absolute Gasteiger partial charge is 0.463 e. The highest BCUT2D eigenvalue weighted by molar-refractivity contribution is 5.95. The number of nitrogens with zero attached hydrogens (tertiary/aromatic N) is 3. The Morgan fingerprint density at radius 2 is 2.08 bits per heavy atom. The third kappa shape index (κ3) is 2.85. The van der Waals surface area contributed by atoms with E-state index in [1.807, 2.05) is 0 Å². The third-order valence-electron chi connectivity index (χ3n) is 3.52. The van der Waals surface area contributed by atoms with E-state index in [9.17, 15) is 9.59 Å². The van der Waals surface area contributed by atoms with Gasteiger partial charge >= 0.3 is 0 Å². The Bertz CT molecular complexity index is 922. The van der Waals surface area contributed by atoms with Crippen molar-refractivity contribution in [3.05, 3.63) is 52.6 Å². The number of hydrogen-bond donors (Lipinski definition) is 1. The van der Waals surface area contributed by atoms with Crippen molar-refractivity contribution in [2.24, 2.45) is 0 Å². The summed E-state index contributed by atoms with van der Waals surface area (Å²) in [6.07, 6.45) is 1.51. The molecular formula is C16H16N4O4. The standard InChI is InChI=1S/C16H16N4O4/c1-10-9-13(24-19-10)17-15(22)16(2,3)20-14(21)7-6-11(18-20)12-5-4-8-23-12/h4-9H,1-3H3,(H,17,22). The van der Waals surface area contributed by atoms with Crippen LogP contribution in [0.25, 0.3) is 11.5 Å². The minimum atomic E-state index is -1.25. The van der Waals surface area contributed by atoms with Crippen LogP contribution >= 0.6 is 0 Å². The highest BCUT2D eigenvalue weighted by Gasteiger charge is 2.33. The van der Waals surface area contributed by atoms with Crippen LogP contribution in [0.2, 0.25) is 0 Å². The van der Waals surface area contributed by atoms with Crippen molar-refractivity contribution >= 4 is 11.8 Å². The Morgan fingerprint density at radius 3 is 2.71 bits per heavy atom. The summed E-state index contributed by atoms with van der Waals surface area (Å²) in [6.45, 7) is 4.92. The van der Waals surface area contributed by atoms with Crippen molar-refractivity contribution in [3.63, 3.8) is 0 Å². The third-order valence-corrected chi connectivity index (χ3v) is 3.52. The second-order valence-corrected chi connectivity index (χ2v) is 5.79. The topological polar surface area (TPSA) is 103 Å². The van der Waals surface area contributed by atoms with Crippen LogP contribution in [-0.2, 0) is 10.3 Å². The van der Waals surface area contributed by atoms with Crippen LogP contribution < -0.4 is 10.9 Å². The summed E-state index contributed by atoms with van der Waals surface area (Å²) >= 11 is 0. The molecule has 0 saturated heterocycles. The molecule has 3 heterocycles. The van der Waals surface area contributed by atoms with Gasteiger partial charge in [-0.1, -0.05) is 5.16 Å². The molecule has 8 heteroatoms. The van der Waals surface area contributed by atoms with E-state index in [4.69, 9.17) is 8.94 Å². The number of amides is 1. The van der Waals surface area contributed by atoms with Crippen molar-refractivity contribution in [3.8, 4) is 11.5 Å². The lowest BCUT2D eigenvalue weighted by molar-refractivity contribution is -0.123. The van der Waals surface area contributed by atoms with E-state index < -0.39 is 17.0 Å². The van der Waals surface area contributed by atoms with Crippen molar-refractivity contribution in [2.75, 3.05) is 5.32 Å². The molecule has 0 aliphatic carbocycles. The monoisotopic (exact) mass is 328 g/mol. The summed E-state index contributed by atoms with van der Waals surface area (Å²) in [5, 5.41) is 10.6. The molecular weight excluding hydrogens is 312 g/mol. The van der Waals surface area contributed by atoms with Crippen LogP contribution in [0.5, 0.6) is 0 Å². The number of furan rings is 1. The lowest BCUT2D eigenvalue weighted by Crippen LogP contribution is -2.47. The van der Waals surface area contributed by atoms with Gasteiger partial charge in [0.1, 0.15) is 11.2 Å². The van der Waals surface area contributed by atoms with Gasteiger partial charge in [0.25, 0.3) is 11.5 Å². The molecule has 24 heavy (non-hydrogen) atoms. The molecule has 1 N–H and O–H groups in total. The maximum absolute atomic E-state index is 12.6. The predicted molar refractivity (Wildman–Crippen MR) is 85.4 cm³/mol. The Labute approximate surface area is 137 Å². The van der Waals surface area contributed by atoms with Gasteiger partial charge in [0.15, 0.2) is 5.76 Å². The maximum atomic E-state index is 12.6. The molecule has 3 rings (SSSR count). The molecule has 0 bridgehead atoms. The second-order valence-electron chi connectivity index (χ2n) is 5.79. The van der Waals surface area contributed by atoms with E-state index >= 15 is 0 Å². The molecule has 124 valence electrons. The molecule has 0 aliphatic rings. The lowest BCUT2D eigenvalue weighted by Gasteiger charge is -2.24. The van der Waals surface area contributed by atoms with Crippen molar-refractivity contribution in [2.45, 2.75) is 26.3 Å². The van der Waals surface area contributed by atoms with Crippen molar-refractivity contribution < 1.29 is 13.7 Å². The van der Waals surface area contributed by atoms with Gasteiger partial charge in [-0.3, -0.25) is 14.9 Å². The van der Waals surface area contributed by atoms with Crippen molar-refractivity contribution in [1.29, 1.82) is 0 Å². The van der Waals surface area contributed by atoms with Crippen LogP contribution in [0.1, 0.15) is 19.5 Å². The average Bonchev–Trinajstić information content (AvgIpc) is 3.19. The number of carbonyl (C=O) groups excluding carboxylic acids is 1. The smallest absolute Gasteiger partial charge is 0.267 e. The summed E-state index contributed by atoms with van der Waals surface area (Å²) in [5.41, 5.74) is -0.561. The van der Waals surface area contributed by atoms with E-state index in [0.717, 1.165) is 4.68 Å². The molecule has 0 atom stereocenters. The normalized spacial score (nSPS) is 11.5. The summed E-state index contributed by atoms with van der Waals surface area (Å²) in [5.74, 6) is 0.261. The molecule has 0 radical (unpaired) electrons. The van der Waals surface area contributed by atoms with Gasteiger partial charge in [-0.15, -0.1) is 0 Å². The Balaban J connectivity index is 1.95. The molecule has 3 aromatic heterocycles. The van der Waals surface area contributed by atoms with E-state index in [0.29, 0.717) is 17.1 Å². The van der Waals surface area contributed by atoms with Crippen LogP contribution in [0.3, 0.4) is 0 Å². The highest BCUT2D eigenvalue weighted by atomic mass is 16.5. The number of aryl methyl sites for hydroxylation is 1. The summed E-state index contributed by atoms with van der Waals surface area (Å²) in [4.78, 5) is 24.8. The summed E-state index contributed by atoms with van der Waals surface area (Å²) < 4.78 is 11.4. The summed E-state index contributed by atoms with van der Waals surface area (Å²) in [7, 11) is 0. The number of nitrogens with one attached hydrogen (secondary N) is 1. The fraction of sp³-hybridized carbons (Fsp3) is 0.250. The molecule has 3 aromatic rings. The molecule has 0 fully saturated rings. The molecule has 1 amide bonds. The van der Waals surface area contributed by atoms with Gasteiger partial charge in [0.2, 0.25) is 5.88 Å². The van der Waals surface area contributed by atoms with E-state index in [2.05, 4.69) is 15.6 Å². The molecule has 0 aliphatic heterocycles. The van der Waals surface area contributed by atoms with Gasteiger partial charge < -0.3 is 8.94 Å². The second kappa shape index (κ2) is 5.80. The number of carbonyl (C=O) groups is 1. The molecule has 0 spiro atoms. The van der Waals surface area contributed by atoms with E-state index in [1.54, 1.807) is 45.0 Å². The molecule has 0 unspecified atom stereocenters. The average molecular weight is 328 g/mol. The number of anilines is 1. The number of aromatic nitrogens is 3. The Kier molecular flexibility index (Phi) is 3.80. The van der Waals surface area contributed by atoms with Gasteiger partial charge in [0, 0.05) is 12.1 Å². The minimum Gasteiger partial charge on any atom is -0.463 e. The highest BCUT2D eigenvalue weighted by Crippen LogP contribution is 2.20. The fourth-order valence-corrected chi connectivity index (χ4v) is 2.15. The predicted octanol–water partition coefficient (Wildman–Crippen LogP) is 2.17. The van der Waals surface area contributed by atoms with E-state index in [-0.39, 0.29) is 5.88 Å². The zero-order valence-corrected chi connectivity index (χ0v) is 13.4. The SMILES string of the molecule is Cc1cc(NC(=O)C(C)(C)n2nc(-c3ccco3)ccc2=O)on1. The van der Waals surface area contributed by atoms with Crippen LogP contribution in [0.15, 0.2) is 50.3 Å². The molecule has 0 saturated carbocycles. The summed E-state index contributed by atoms with van der Waals surface area (Å²) in [6, 6.07) is 7.92. The first-order chi connectivity index (χ1) is 11.4. The molecule has 0 aromatic carbocycles. The Hall–Kier alpha value is -3.16. The minimum absolute atomic E-state index is 0.209. The van der Waals surface area contributed by atoms with Gasteiger partial charge in [-0.05, 0) is 39.0 Å². The van der Waals surface area contributed by atoms with Crippen LogP contribution in [0.4, 0.5) is 5.88 Å². The van der Waals surface area contributed by atoms with Crippen molar-refractivity contribution in [1.82, 2.24) is 14.9 Å². The van der Waals surface area contributed by atoms with Crippen LogP contribution in [-0.4, -0.2) is 20.8 Å². The van der Waals surface area contributed by atoms with Gasteiger partial charge in [-0.2, -0.15) is 5.10 Å². The number of hydrogen-bond acceptors (Lipinski definition) is 6. The fourth-order valence-electron chi connectivity index (χ4n) is 2.15. The van der Waals surface area contributed by atoms with Gasteiger partial charge in [-0.25, -0.2) is 4.68 Å². The number of rotatable bonds is 4. The first kappa shape index (κ1) is 15.7. The van der Waals surface area contributed by atoms with E-state index in [1.165, 1.54) is 12.3 Å². The zero-order chi connectivity index (χ0) is 17.3. The van der Waals surface area contributed by atoms with Gasteiger partial charge in [0.05, 0.1) is 12.0 Å². The molecule has 8 nitrogen and oxygen atoms in total. The Morgan fingerprint density at radius 1 is 1.29 bits per heavy atom. The first-order valence-corrected chi connectivity index (χ1v) is 7.27.